The molecule has 0 aromatic heterocycles. The van der Waals surface area contributed by atoms with E-state index in [1.807, 2.05) is 0 Å². The average Bonchev–Trinajstić information content (AvgIpc) is 2.31. The molecule has 0 aromatic carbocycles. The quantitative estimate of drug-likeness (QED) is 0.634. The Balaban J connectivity index is 2.12. The van der Waals surface area contributed by atoms with Crippen molar-refractivity contribution in [1.82, 2.24) is 4.90 Å². The molecule has 0 amide bonds. The Bertz CT molecular complexity index is 196. The zero-order valence-corrected chi connectivity index (χ0v) is 8.59. The van der Waals surface area contributed by atoms with Crippen molar-refractivity contribution in [1.29, 1.82) is 0 Å². The van der Waals surface area contributed by atoms with Crippen LogP contribution in [0.4, 0.5) is 0 Å². The van der Waals surface area contributed by atoms with Crippen LogP contribution in [0.2, 0.25) is 0 Å². The second-order valence-electron chi connectivity index (χ2n) is 5.31. The van der Waals surface area contributed by atoms with Gasteiger partial charge < -0.3 is 5.73 Å². The number of fused-ring (bicyclic) bond motifs is 1. The summed E-state index contributed by atoms with van der Waals surface area (Å²) in [4.78, 5) is 2.54. The molecule has 2 rings (SSSR count). The van der Waals surface area contributed by atoms with Crippen LogP contribution in [0.1, 0.15) is 27.7 Å². The van der Waals surface area contributed by atoms with E-state index >= 15 is 0 Å². The van der Waals surface area contributed by atoms with Crippen molar-refractivity contribution >= 4 is 0 Å². The number of hydrogen-bond acceptors (Lipinski definition) is 2. The third-order valence-electron chi connectivity index (χ3n) is 4.39. The Kier molecular flexibility index (Phi) is 1.45. The fourth-order valence-corrected chi connectivity index (χ4v) is 2.82. The van der Waals surface area contributed by atoms with Gasteiger partial charge in [-0.05, 0) is 13.8 Å². The molecule has 0 aromatic rings. The van der Waals surface area contributed by atoms with Crippen LogP contribution >= 0.6 is 0 Å². The molecule has 0 bridgehead atoms. The van der Waals surface area contributed by atoms with Gasteiger partial charge in [0, 0.05) is 36.0 Å². The number of piperidine rings is 1. The fourth-order valence-electron chi connectivity index (χ4n) is 2.82. The van der Waals surface area contributed by atoms with Crippen molar-refractivity contribution in [3.05, 3.63) is 0 Å². The van der Waals surface area contributed by atoms with Crippen LogP contribution in [-0.2, 0) is 0 Å². The Labute approximate surface area is 75.1 Å². The Morgan fingerprint density at radius 3 is 2.00 bits per heavy atom. The van der Waals surface area contributed by atoms with Crippen LogP contribution in [0.15, 0.2) is 0 Å². The van der Waals surface area contributed by atoms with E-state index in [-0.39, 0.29) is 0 Å². The van der Waals surface area contributed by atoms with Crippen molar-refractivity contribution in [2.75, 3.05) is 13.1 Å². The van der Waals surface area contributed by atoms with Gasteiger partial charge in [0.25, 0.3) is 0 Å². The van der Waals surface area contributed by atoms with E-state index in [1.165, 1.54) is 13.1 Å². The van der Waals surface area contributed by atoms with Crippen LogP contribution in [0.5, 0.6) is 0 Å². The first-order chi connectivity index (χ1) is 5.42. The van der Waals surface area contributed by atoms with Gasteiger partial charge in [0.2, 0.25) is 0 Å². The first-order valence-corrected chi connectivity index (χ1v) is 4.91. The minimum atomic E-state index is 0.414. The standard InChI is InChI=1S/C10H20N2/c1-7(2)12-5-9(3)8(11)10(9,4)6-12/h7-8H,5-6,11H2,1-4H3/t8-,9-,10+. The highest BCUT2D eigenvalue weighted by atomic mass is 15.3. The molecule has 1 saturated heterocycles. The van der Waals surface area contributed by atoms with E-state index in [9.17, 15) is 0 Å². The summed E-state index contributed by atoms with van der Waals surface area (Å²) in [5, 5.41) is 0. The van der Waals surface area contributed by atoms with E-state index < -0.39 is 0 Å². The van der Waals surface area contributed by atoms with E-state index in [2.05, 4.69) is 32.6 Å². The molecule has 2 fully saturated rings. The summed E-state index contributed by atoms with van der Waals surface area (Å²) in [6, 6.07) is 1.12. The lowest BCUT2D eigenvalue weighted by molar-refractivity contribution is 0.218. The molecule has 2 heteroatoms. The molecule has 1 aliphatic heterocycles. The Hall–Kier alpha value is -0.0800. The predicted octanol–water partition coefficient (Wildman–Crippen LogP) is 1.06. The maximum atomic E-state index is 6.08. The van der Waals surface area contributed by atoms with Crippen molar-refractivity contribution < 1.29 is 0 Å². The number of likely N-dealkylation sites (tertiary alicyclic amines) is 1. The van der Waals surface area contributed by atoms with Gasteiger partial charge in [-0.1, -0.05) is 13.8 Å². The number of nitrogens with two attached hydrogens (primary N) is 1. The van der Waals surface area contributed by atoms with E-state index in [0.29, 0.717) is 22.9 Å². The van der Waals surface area contributed by atoms with Gasteiger partial charge in [0.15, 0.2) is 0 Å². The minimum absolute atomic E-state index is 0.414. The van der Waals surface area contributed by atoms with Gasteiger partial charge in [-0.3, -0.25) is 4.90 Å². The highest BCUT2D eigenvalue weighted by molar-refractivity contribution is 5.26. The van der Waals surface area contributed by atoms with Gasteiger partial charge in [-0.25, -0.2) is 0 Å². The number of hydrogen-bond donors (Lipinski definition) is 1. The SMILES string of the molecule is CC(C)N1C[C@@]2(C)[C@H](N)[C@@]2(C)C1. The largest absolute Gasteiger partial charge is 0.327 e. The first kappa shape index (κ1) is 8.52. The van der Waals surface area contributed by atoms with Crippen LogP contribution in [0.3, 0.4) is 0 Å². The second-order valence-corrected chi connectivity index (χ2v) is 5.31. The van der Waals surface area contributed by atoms with Crippen LogP contribution in [0, 0.1) is 10.8 Å². The molecule has 2 nitrogen and oxygen atoms in total. The van der Waals surface area contributed by atoms with E-state index in [0.717, 1.165) is 0 Å². The molecule has 2 aliphatic rings. The Morgan fingerprint density at radius 1 is 1.25 bits per heavy atom. The van der Waals surface area contributed by atoms with Gasteiger partial charge in [-0.15, -0.1) is 0 Å². The molecule has 12 heavy (non-hydrogen) atoms. The zero-order valence-electron chi connectivity index (χ0n) is 8.59. The highest BCUT2D eigenvalue weighted by Crippen LogP contribution is 2.66. The van der Waals surface area contributed by atoms with Crippen molar-refractivity contribution in [2.45, 2.75) is 39.8 Å². The molecule has 2 N–H and O–H groups in total. The third kappa shape index (κ3) is 0.728. The minimum Gasteiger partial charge on any atom is -0.327 e. The van der Waals surface area contributed by atoms with Gasteiger partial charge >= 0.3 is 0 Å². The molecule has 1 saturated carbocycles. The summed E-state index contributed by atoms with van der Waals surface area (Å²) in [5.41, 5.74) is 6.90. The molecule has 70 valence electrons. The zero-order chi connectivity index (χ0) is 9.15. The predicted molar refractivity (Wildman–Crippen MR) is 50.9 cm³/mol. The molecule has 0 spiro atoms. The van der Waals surface area contributed by atoms with Crippen LogP contribution in [-0.4, -0.2) is 30.1 Å². The van der Waals surface area contributed by atoms with Crippen molar-refractivity contribution in [3.63, 3.8) is 0 Å². The lowest BCUT2D eigenvalue weighted by Crippen LogP contribution is -2.37. The molecule has 0 unspecified atom stereocenters. The lowest BCUT2D eigenvalue weighted by Gasteiger charge is -2.25. The normalized spacial score (nSPS) is 53.0. The molecule has 0 radical (unpaired) electrons. The Morgan fingerprint density at radius 2 is 1.67 bits per heavy atom. The fraction of sp³-hybridized carbons (Fsp3) is 1.00. The molecule has 3 atom stereocenters. The van der Waals surface area contributed by atoms with Gasteiger partial charge in [0.05, 0.1) is 0 Å². The molecular formula is C10H20N2. The van der Waals surface area contributed by atoms with Gasteiger partial charge in [-0.2, -0.15) is 0 Å². The molecule has 1 aliphatic carbocycles. The molecule has 1 heterocycles. The van der Waals surface area contributed by atoms with Crippen LogP contribution in [0.25, 0.3) is 0 Å². The maximum Gasteiger partial charge on any atom is 0.0184 e. The highest BCUT2D eigenvalue weighted by Gasteiger charge is 2.73. The number of rotatable bonds is 1. The third-order valence-corrected chi connectivity index (χ3v) is 4.39. The summed E-state index contributed by atoms with van der Waals surface area (Å²) in [5.74, 6) is 0. The summed E-state index contributed by atoms with van der Waals surface area (Å²) in [6.07, 6.45) is 0. The maximum absolute atomic E-state index is 6.08. The smallest absolute Gasteiger partial charge is 0.0184 e. The van der Waals surface area contributed by atoms with Crippen molar-refractivity contribution in [2.24, 2.45) is 16.6 Å². The summed E-state index contributed by atoms with van der Waals surface area (Å²) in [7, 11) is 0. The lowest BCUT2D eigenvalue weighted by atomic mass is 10.0. The first-order valence-electron chi connectivity index (χ1n) is 4.91. The van der Waals surface area contributed by atoms with Crippen molar-refractivity contribution in [3.8, 4) is 0 Å². The summed E-state index contributed by atoms with van der Waals surface area (Å²) in [6.45, 7) is 11.6. The summed E-state index contributed by atoms with van der Waals surface area (Å²) < 4.78 is 0. The second kappa shape index (κ2) is 2.05. The van der Waals surface area contributed by atoms with Gasteiger partial charge in [0.1, 0.15) is 0 Å². The van der Waals surface area contributed by atoms with E-state index in [1.54, 1.807) is 0 Å². The van der Waals surface area contributed by atoms with Crippen LogP contribution < -0.4 is 5.73 Å². The monoisotopic (exact) mass is 168 g/mol. The topological polar surface area (TPSA) is 29.3 Å². The average molecular weight is 168 g/mol. The number of nitrogens with zero attached hydrogens (tertiary/aromatic N) is 1. The van der Waals surface area contributed by atoms with E-state index in [4.69, 9.17) is 5.73 Å². The summed E-state index contributed by atoms with van der Waals surface area (Å²) >= 11 is 0. The molecular weight excluding hydrogens is 148 g/mol.